The summed E-state index contributed by atoms with van der Waals surface area (Å²) in [5, 5.41) is 12.3. The molecule has 0 spiro atoms. The van der Waals surface area contributed by atoms with Gasteiger partial charge in [-0.1, -0.05) is 13.8 Å². The molecule has 8 heteroatoms. The zero-order valence-electron chi connectivity index (χ0n) is 16.8. The third-order valence-corrected chi connectivity index (χ3v) is 6.92. The highest BCUT2D eigenvalue weighted by atomic mass is 32.2. The average Bonchev–Trinajstić information content (AvgIpc) is 2.70. The van der Waals surface area contributed by atoms with Crippen molar-refractivity contribution in [1.29, 1.82) is 0 Å². The van der Waals surface area contributed by atoms with E-state index in [-0.39, 0.29) is 41.2 Å². The number of benzene rings is 1. The summed E-state index contributed by atoms with van der Waals surface area (Å²) in [6, 6.07) is 6.06. The van der Waals surface area contributed by atoms with Crippen LogP contribution >= 0.6 is 0 Å². The standard InChI is InChI=1S/C20H32N2O5S/c1-14(2)19(13-23)22-20(24)16-6-4-15(5-7-16)12-21-28(25,26)18-10-8-17(27-3)9-11-18/h8-11,14-16,19,21,23H,4-7,12-13H2,1-3H3,(H,22,24)/t15?,16?,19-/m1/s1. The molecule has 3 N–H and O–H groups in total. The molecule has 1 saturated carbocycles. The second kappa shape index (κ2) is 10.2. The number of nitrogens with one attached hydrogen (secondary N) is 2. The number of carbonyl (C=O) groups excluding carboxylic acids is 1. The van der Waals surface area contributed by atoms with Crippen LogP contribution in [0.4, 0.5) is 0 Å². The van der Waals surface area contributed by atoms with E-state index in [1.165, 1.54) is 19.2 Å². The van der Waals surface area contributed by atoms with Gasteiger partial charge in [0.1, 0.15) is 5.75 Å². The average molecular weight is 413 g/mol. The minimum atomic E-state index is -3.56. The van der Waals surface area contributed by atoms with Crippen LogP contribution in [-0.2, 0) is 14.8 Å². The van der Waals surface area contributed by atoms with Gasteiger partial charge >= 0.3 is 0 Å². The lowest BCUT2D eigenvalue weighted by atomic mass is 9.81. The molecule has 28 heavy (non-hydrogen) atoms. The highest BCUT2D eigenvalue weighted by molar-refractivity contribution is 7.89. The molecule has 0 heterocycles. The van der Waals surface area contributed by atoms with E-state index in [1.54, 1.807) is 12.1 Å². The van der Waals surface area contributed by atoms with Gasteiger partial charge in [0.25, 0.3) is 0 Å². The number of aliphatic hydroxyl groups excluding tert-OH is 1. The number of methoxy groups -OCH3 is 1. The Morgan fingerprint density at radius 3 is 2.29 bits per heavy atom. The summed E-state index contributed by atoms with van der Waals surface area (Å²) in [4.78, 5) is 12.6. The number of aliphatic hydroxyl groups is 1. The van der Waals surface area contributed by atoms with Crippen LogP contribution in [0.15, 0.2) is 29.2 Å². The van der Waals surface area contributed by atoms with E-state index in [9.17, 15) is 18.3 Å². The zero-order chi connectivity index (χ0) is 20.7. The van der Waals surface area contributed by atoms with Crippen LogP contribution in [0, 0.1) is 17.8 Å². The maximum atomic E-state index is 12.4. The number of carbonyl (C=O) groups is 1. The van der Waals surface area contributed by atoms with Crippen LogP contribution in [0.25, 0.3) is 0 Å². The normalized spacial score (nSPS) is 21.3. The Kier molecular flexibility index (Phi) is 8.27. The second-order valence-electron chi connectivity index (χ2n) is 7.79. The van der Waals surface area contributed by atoms with Gasteiger partial charge in [0.2, 0.25) is 15.9 Å². The van der Waals surface area contributed by atoms with Crippen LogP contribution in [-0.4, -0.2) is 45.7 Å². The van der Waals surface area contributed by atoms with Crippen molar-refractivity contribution in [1.82, 2.24) is 10.0 Å². The first-order valence-corrected chi connectivity index (χ1v) is 11.3. The van der Waals surface area contributed by atoms with Crippen molar-refractivity contribution in [3.05, 3.63) is 24.3 Å². The molecule has 0 bridgehead atoms. The topological polar surface area (TPSA) is 105 Å². The smallest absolute Gasteiger partial charge is 0.240 e. The van der Waals surface area contributed by atoms with E-state index in [1.807, 2.05) is 13.8 Å². The van der Waals surface area contributed by atoms with Gasteiger partial charge in [-0.15, -0.1) is 0 Å². The number of hydrogen-bond donors (Lipinski definition) is 3. The number of sulfonamides is 1. The summed E-state index contributed by atoms with van der Waals surface area (Å²) >= 11 is 0. The van der Waals surface area contributed by atoms with Gasteiger partial charge in [0, 0.05) is 12.5 Å². The molecule has 1 fully saturated rings. The fourth-order valence-electron chi connectivity index (χ4n) is 3.42. The summed E-state index contributed by atoms with van der Waals surface area (Å²) in [6.45, 7) is 4.24. The predicted octanol–water partition coefficient (Wildman–Crippen LogP) is 1.91. The van der Waals surface area contributed by atoms with Gasteiger partial charge < -0.3 is 15.2 Å². The largest absolute Gasteiger partial charge is 0.497 e. The summed E-state index contributed by atoms with van der Waals surface area (Å²) < 4.78 is 32.6. The van der Waals surface area contributed by atoms with Crippen LogP contribution in [0.1, 0.15) is 39.5 Å². The summed E-state index contributed by atoms with van der Waals surface area (Å²) in [7, 11) is -2.02. The highest BCUT2D eigenvalue weighted by Crippen LogP contribution is 2.29. The quantitative estimate of drug-likeness (QED) is 0.575. The Morgan fingerprint density at radius 1 is 1.18 bits per heavy atom. The third kappa shape index (κ3) is 6.18. The van der Waals surface area contributed by atoms with Crippen molar-refractivity contribution in [2.45, 2.75) is 50.5 Å². The Bertz CT molecular complexity index is 725. The van der Waals surface area contributed by atoms with Crippen LogP contribution in [0.5, 0.6) is 5.75 Å². The van der Waals surface area contributed by atoms with Gasteiger partial charge in [-0.25, -0.2) is 13.1 Å². The number of amides is 1. The Morgan fingerprint density at radius 2 is 1.79 bits per heavy atom. The number of ether oxygens (including phenoxy) is 1. The van der Waals surface area contributed by atoms with Gasteiger partial charge in [-0.2, -0.15) is 0 Å². The van der Waals surface area contributed by atoms with E-state index in [2.05, 4.69) is 10.0 Å². The molecule has 0 unspecified atom stereocenters. The first kappa shape index (κ1) is 22.6. The molecular weight excluding hydrogens is 380 g/mol. The van der Waals surface area contributed by atoms with Crippen LogP contribution in [0.2, 0.25) is 0 Å². The fourth-order valence-corrected chi connectivity index (χ4v) is 4.53. The van der Waals surface area contributed by atoms with Gasteiger partial charge in [0.15, 0.2) is 0 Å². The molecule has 7 nitrogen and oxygen atoms in total. The van der Waals surface area contributed by atoms with Crippen molar-refractivity contribution < 1.29 is 23.1 Å². The molecule has 2 rings (SSSR count). The minimum Gasteiger partial charge on any atom is -0.497 e. The Balaban J connectivity index is 1.81. The summed E-state index contributed by atoms with van der Waals surface area (Å²) in [5.74, 6) is 0.928. The maximum absolute atomic E-state index is 12.4. The van der Waals surface area contributed by atoms with Crippen LogP contribution in [0.3, 0.4) is 0 Å². The lowest BCUT2D eigenvalue weighted by Crippen LogP contribution is -2.45. The summed E-state index contributed by atoms with van der Waals surface area (Å²) in [6.07, 6.45) is 3.07. The molecule has 1 atom stereocenters. The first-order valence-electron chi connectivity index (χ1n) is 9.81. The molecule has 0 aliphatic heterocycles. The van der Waals surface area contributed by atoms with Crippen LogP contribution < -0.4 is 14.8 Å². The SMILES string of the molecule is COc1ccc(S(=O)(=O)NCC2CCC(C(=O)N[C@H](CO)C(C)C)CC2)cc1. The molecule has 158 valence electrons. The van der Waals surface area contributed by atoms with E-state index in [4.69, 9.17) is 4.74 Å². The van der Waals surface area contributed by atoms with E-state index in [0.717, 1.165) is 25.7 Å². The monoisotopic (exact) mass is 412 g/mol. The molecule has 1 amide bonds. The van der Waals surface area contributed by atoms with E-state index < -0.39 is 10.0 Å². The second-order valence-corrected chi connectivity index (χ2v) is 9.55. The van der Waals surface area contributed by atoms with Crippen molar-refractivity contribution in [2.75, 3.05) is 20.3 Å². The van der Waals surface area contributed by atoms with Gasteiger partial charge in [-0.05, 0) is 61.8 Å². The molecule has 1 aliphatic rings. The number of hydrogen-bond acceptors (Lipinski definition) is 5. The third-order valence-electron chi connectivity index (χ3n) is 5.48. The van der Waals surface area contributed by atoms with Gasteiger partial charge in [0.05, 0.1) is 24.7 Å². The Labute approximate surface area is 167 Å². The van der Waals surface area contributed by atoms with Crippen molar-refractivity contribution in [3.8, 4) is 5.75 Å². The maximum Gasteiger partial charge on any atom is 0.240 e. The molecule has 0 saturated heterocycles. The van der Waals surface area contributed by atoms with Crippen molar-refractivity contribution in [3.63, 3.8) is 0 Å². The first-order chi connectivity index (χ1) is 13.3. The zero-order valence-corrected chi connectivity index (χ0v) is 17.7. The Hall–Kier alpha value is -1.64. The molecule has 1 aromatic rings. The van der Waals surface area contributed by atoms with Crippen molar-refractivity contribution in [2.24, 2.45) is 17.8 Å². The summed E-state index contributed by atoms with van der Waals surface area (Å²) in [5.41, 5.74) is 0. The number of rotatable bonds is 9. The molecule has 1 aromatic carbocycles. The van der Waals surface area contributed by atoms with Crippen molar-refractivity contribution >= 4 is 15.9 Å². The predicted molar refractivity (Wildman–Crippen MR) is 107 cm³/mol. The van der Waals surface area contributed by atoms with Gasteiger partial charge in [-0.3, -0.25) is 4.79 Å². The molecule has 0 aromatic heterocycles. The molecular formula is C20H32N2O5S. The molecule has 1 aliphatic carbocycles. The van der Waals surface area contributed by atoms with E-state index in [0.29, 0.717) is 12.3 Å². The lowest BCUT2D eigenvalue weighted by molar-refractivity contribution is -0.127. The fraction of sp³-hybridized carbons (Fsp3) is 0.650. The lowest BCUT2D eigenvalue weighted by Gasteiger charge is -2.29. The highest BCUT2D eigenvalue weighted by Gasteiger charge is 2.28. The van der Waals surface area contributed by atoms with E-state index >= 15 is 0 Å². The minimum absolute atomic E-state index is 0.00925. The molecule has 0 radical (unpaired) electrons.